The Hall–Kier alpha value is -2.65. The van der Waals surface area contributed by atoms with E-state index < -0.39 is 18.0 Å². The molecule has 0 bridgehead atoms. The van der Waals surface area contributed by atoms with Gasteiger partial charge in [0.05, 0.1) is 11.4 Å². The second-order valence-corrected chi connectivity index (χ2v) is 8.03. The fraction of sp³-hybridized carbons (Fsp3) is 0.333. The molecule has 0 aliphatic carbocycles. The standard InChI is InChI=1S/C21H20Cl2F3N3O3/c1-13-10-15(3-4-16(13)23)32-12-19(30)27-17-11-14(22)2-5-18(17)28-6-8-29(9-7-28)20(31)21(24,25)26/h2-5,10-11H,6-9,12H2,1H3,(H,27,30). The molecule has 11 heteroatoms. The van der Waals surface area contributed by atoms with Crippen LogP contribution >= 0.6 is 23.2 Å². The number of carbonyl (C=O) groups is 2. The molecule has 0 saturated carbocycles. The minimum absolute atomic E-state index is 0.0899. The van der Waals surface area contributed by atoms with Crippen molar-refractivity contribution in [2.45, 2.75) is 13.1 Å². The summed E-state index contributed by atoms with van der Waals surface area (Å²) in [5.74, 6) is -1.80. The molecule has 2 aromatic carbocycles. The highest BCUT2D eigenvalue weighted by molar-refractivity contribution is 6.31. The first-order valence-electron chi connectivity index (χ1n) is 9.64. The molecule has 32 heavy (non-hydrogen) atoms. The fourth-order valence-corrected chi connectivity index (χ4v) is 3.55. The molecular formula is C21H20Cl2F3N3O3. The number of piperazine rings is 1. The van der Waals surface area contributed by atoms with Gasteiger partial charge < -0.3 is 19.9 Å². The highest BCUT2D eigenvalue weighted by Crippen LogP contribution is 2.31. The van der Waals surface area contributed by atoms with E-state index in [4.69, 9.17) is 27.9 Å². The SMILES string of the molecule is Cc1cc(OCC(=O)Nc2cc(Cl)ccc2N2CCN(C(=O)C(F)(F)F)CC2)ccc1Cl. The number of halogens is 5. The van der Waals surface area contributed by atoms with E-state index in [2.05, 4.69) is 5.32 Å². The van der Waals surface area contributed by atoms with Crippen LogP contribution in [0.25, 0.3) is 0 Å². The second-order valence-electron chi connectivity index (χ2n) is 7.19. The van der Waals surface area contributed by atoms with Gasteiger partial charge in [0.2, 0.25) is 0 Å². The van der Waals surface area contributed by atoms with E-state index in [0.717, 1.165) is 10.5 Å². The molecule has 6 nitrogen and oxygen atoms in total. The topological polar surface area (TPSA) is 61.9 Å². The van der Waals surface area contributed by atoms with Gasteiger partial charge in [-0.15, -0.1) is 0 Å². The number of benzene rings is 2. The Morgan fingerprint density at radius 3 is 2.38 bits per heavy atom. The molecule has 1 saturated heterocycles. The number of nitrogens with one attached hydrogen (secondary N) is 1. The molecule has 0 unspecified atom stereocenters. The average Bonchev–Trinajstić information content (AvgIpc) is 2.74. The van der Waals surface area contributed by atoms with Crippen LogP contribution < -0.4 is 15.0 Å². The third-order valence-electron chi connectivity index (χ3n) is 4.88. The van der Waals surface area contributed by atoms with Crippen LogP contribution in [-0.4, -0.2) is 55.7 Å². The minimum atomic E-state index is -4.90. The highest BCUT2D eigenvalue weighted by atomic mass is 35.5. The zero-order valence-electron chi connectivity index (χ0n) is 17.0. The van der Waals surface area contributed by atoms with Crippen LogP contribution in [-0.2, 0) is 9.59 Å². The molecule has 2 amide bonds. The van der Waals surface area contributed by atoms with Crippen LogP contribution in [0.15, 0.2) is 36.4 Å². The summed E-state index contributed by atoms with van der Waals surface area (Å²) in [6.07, 6.45) is -4.90. The molecule has 1 heterocycles. The number of nitrogens with zero attached hydrogens (tertiary/aromatic N) is 2. The van der Waals surface area contributed by atoms with Crippen LogP contribution in [0.1, 0.15) is 5.56 Å². The summed E-state index contributed by atoms with van der Waals surface area (Å²) < 4.78 is 43.5. The quantitative estimate of drug-likeness (QED) is 0.670. The van der Waals surface area contributed by atoms with Crippen LogP contribution in [0.5, 0.6) is 5.75 Å². The molecule has 3 rings (SSSR count). The molecule has 0 aromatic heterocycles. The Balaban J connectivity index is 1.64. The maximum atomic E-state index is 12.7. The first kappa shape index (κ1) is 24.0. The largest absolute Gasteiger partial charge is 0.484 e. The predicted octanol–water partition coefficient (Wildman–Crippen LogP) is 4.53. The zero-order valence-corrected chi connectivity index (χ0v) is 18.5. The molecule has 1 fully saturated rings. The lowest BCUT2D eigenvalue weighted by atomic mass is 10.2. The van der Waals surface area contributed by atoms with Crippen molar-refractivity contribution in [3.63, 3.8) is 0 Å². The number of amides is 2. The lowest BCUT2D eigenvalue weighted by molar-refractivity contribution is -0.185. The summed E-state index contributed by atoms with van der Waals surface area (Å²) in [4.78, 5) is 26.4. The summed E-state index contributed by atoms with van der Waals surface area (Å²) in [5, 5.41) is 3.69. The lowest BCUT2D eigenvalue weighted by Gasteiger charge is -2.37. The van der Waals surface area contributed by atoms with Crippen molar-refractivity contribution in [3.05, 3.63) is 52.0 Å². The van der Waals surface area contributed by atoms with Gasteiger partial charge in [0.15, 0.2) is 6.61 Å². The van der Waals surface area contributed by atoms with Crippen molar-refractivity contribution in [1.82, 2.24) is 4.90 Å². The van der Waals surface area contributed by atoms with Crippen molar-refractivity contribution in [2.75, 3.05) is 43.0 Å². The number of hydrogen-bond acceptors (Lipinski definition) is 4. The number of ether oxygens (including phenoxy) is 1. The molecule has 0 atom stereocenters. The molecular weight excluding hydrogens is 470 g/mol. The number of aryl methyl sites for hydroxylation is 1. The number of rotatable bonds is 5. The van der Waals surface area contributed by atoms with Crippen molar-refractivity contribution < 1.29 is 27.5 Å². The van der Waals surface area contributed by atoms with Crippen molar-refractivity contribution in [2.24, 2.45) is 0 Å². The van der Waals surface area contributed by atoms with Crippen LogP contribution in [0, 0.1) is 6.92 Å². The van der Waals surface area contributed by atoms with E-state index in [1.165, 1.54) is 0 Å². The Labute approximate surface area is 192 Å². The van der Waals surface area contributed by atoms with Gasteiger partial charge in [-0.3, -0.25) is 9.59 Å². The smallest absolute Gasteiger partial charge is 0.471 e. The zero-order chi connectivity index (χ0) is 23.5. The Kier molecular flexibility index (Phi) is 7.40. The first-order chi connectivity index (χ1) is 15.0. The predicted molar refractivity (Wildman–Crippen MR) is 117 cm³/mol. The van der Waals surface area contributed by atoms with Gasteiger partial charge in [-0.25, -0.2) is 0 Å². The van der Waals surface area contributed by atoms with Gasteiger partial charge in [-0.05, 0) is 48.9 Å². The van der Waals surface area contributed by atoms with Crippen LogP contribution in [0.4, 0.5) is 24.5 Å². The third kappa shape index (κ3) is 5.98. The number of carbonyl (C=O) groups excluding carboxylic acids is 2. The number of anilines is 2. The molecule has 1 N–H and O–H groups in total. The van der Waals surface area contributed by atoms with Crippen LogP contribution in [0.2, 0.25) is 10.0 Å². The maximum absolute atomic E-state index is 12.7. The summed E-state index contributed by atoms with van der Waals surface area (Å²) in [6, 6.07) is 9.86. The minimum Gasteiger partial charge on any atom is -0.484 e. The van der Waals surface area contributed by atoms with E-state index >= 15 is 0 Å². The van der Waals surface area contributed by atoms with Gasteiger partial charge in [0.1, 0.15) is 5.75 Å². The van der Waals surface area contributed by atoms with Crippen molar-refractivity contribution in [1.29, 1.82) is 0 Å². The van der Waals surface area contributed by atoms with Gasteiger partial charge in [0, 0.05) is 36.2 Å². The molecule has 1 aliphatic rings. The Bertz CT molecular complexity index is 1010. The van der Waals surface area contributed by atoms with E-state index in [1.54, 1.807) is 41.3 Å². The summed E-state index contributed by atoms with van der Waals surface area (Å²) >= 11 is 12.0. The molecule has 172 valence electrons. The highest BCUT2D eigenvalue weighted by Gasteiger charge is 2.43. The number of hydrogen-bond donors (Lipinski definition) is 1. The van der Waals surface area contributed by atoms with Gasteiger partial charge >= 0.3 is 12.1 Å². The summed E-state index contributed by atoms with van der Waals surface area (Å²) in [5.41, 5.74) is 1.79. The lowest BCUT2D eigenvalue weighted by Crippen LogP contribution is -2.52. The molecule has 1 aliphatic heterocycles. The number of alkyl halides is 3. The normalized spacial score (nSPS) is 14.3. The van der Waals surface area contributed by atoms with Crippen molar-refractivity contribution >= 4 is 46.4 Å². The Morgan fingerprint density at radius 1 is 1.06 bits per heavy atom. The van der Waals surface area contributed by atoms with Crippen molar-refractivity contribution in [3.8, 4) is 5.75 Å². The van der Waals surface area contributed by atoms with E-state index in [9.17, 15) is 22.8 Å². The van der Waals surface area contributed by atoms with Gasteiger partial charge in [-0.2, -0.15) is 13.2 Å². The monoisotopic (exact) mass is 489 g/mol. The third-order valence-corrected chi connectivity index (χ3v) is 5.54. The van der Waals surface area contributed by atoms with E-state index in [1.807, 2.05) is 6.92 Å². The molecule has 0 spiro atoms. The fourth-order valence-electron chi connectivity index (χ4n) is 3.26. The van der Waals surface area contributed by atoms with E-state index in [-0.39, 0.29) is 32.8 Å². The second kappa shape index (κ2) is 9.87. The summed E-state index contributed by atoms with van der Waals surface area (Å²) in [7, 11) is 0. The summed E-state index contributed by atoms with van der Waals surface area (Å²) in [6.45, 7) is 1.72. The maximum Gasteiger partial charge on any atom is 0.471 e. The first-order valence-corrected chi connectivity index (χ1v) is 10.4. The Morgan fingerprint density at radius 2 is 1.75 bits per heavy atom. The van der Waals surface area contributed by atoms with Crippen LogP contribution in [0.3, 0.4) is 0 Å². The van der Waals surface area contributed by atoms with Gasteiger partial charge in [-0.1, -0.05) is 23.2 Å². The molecule has 2 aromatic rings. The van der Waals surface area contributed by atoms with Gasteiger partial charge in [0.25, 0.3) is 5.91 Å². The molecule has 0 radical (unpaired) electrons. The van der Waals surface area contributed by atoms with E-state index in [0.29, 0.717) is 27.2 Å². The average molecular weight is 490 g/mol.